The molecule has 0 N–H and O–H groups in total. The van der Waals surface area contributed by atoms with Gasteiger partial charge in [-0.15, -0.1) is 11.6 Å². The van der Waals surface area contributed by atoms with Gasteiger partial charge in [0.1, 0.15) is 5.78 Å². The van der Waals surface area contributed by atoms with E-state index in [-0.39, 0.29) is 11.7 Å². The third-order valence-corrected chi connectivity index (χ3v) is 2.99. The third kappa shape index (κ3) is 3.34. The highest BCUT2D eigenvalue weighted by Crippen LogP contribution is 2.15. The van der Waals surface area contributed by atoms with Crippen molar-refractivity contribution in [3.8, 4) is 0 Å². The lowest BCUT2D eigenvalue weighted by Gasteiger charge is -2.12. The van der Waals surface area contributed by atoms with E-state index in [1.54, 1.807) is 6.92 Å². The van der Waals surface area contributed by atoms with Crippen molar-refractivity contribution in [3.63, 3.8) is 0 Å². The predicted octanol–water partition coefficient (Wildman–Crippen LogP) is 2.59. The maximum absolute atomic E-state index is 11.5. The molecule has 1 heterocycles. The third-order valence-electron chi connectivity index (χ3n) is 2.77. The first-order chi connectivity index (χ1) is 7.58. The molecule has 0 radical (unpaired) electrons. The number of aromatic nitrogens is 2. The smallest absolute Gasteiger partial charge is 0.133 e. The number of hydrogen-bond donors (Lipinski definition) is 0. The molecule has 0 aliphatic heterocycles. The maximum Gasteiger partial charge on any atom is 0.133 e. The minimum Gasteiger partial charge on any atom is -0.300 e. The van der Waals surface area contributed by atoms with Crippen LogP contribution < -0.4 is 0 Å². The van der Waals surface area contributed by atoms with Gasteiger partial charge in [0.05, 0.1) is 5.69 Å². The molecule has 0 spiro atoms. The number of carbonyl (C=O) groups excluding carboxylic acids is 1. The first kappa shape index (κ1) is 13.2. The zero-order chi connectivity index (χ0) is 12.1. The fourth-order valence-electron chi connectivity index (χ4n) is 1.87. The summed E-state index contributed by atoms with van der Waals surface area (Å²) in [4.78, 5) is 11.5. The van der Waals surface area contributed by atoms with Crippen molar-refractivity contribution >= 4 is 17.4 Å². The Balaban J connectivity index is 2.79. The number of rotatable bonds is 6. The van der Waals surface area contributed by atoms with E-state index in [1.165, 1.54) is 0 Å². The molecule has 1 rings (SSSR count). The summed E-state index contributed by atoms with van der Waals surface area (Å²) in [7, 11) is 0. The van der Waals surface area contributed by atoms with Gasteiger partial charge in [-0.05, 0) is 39.7 Å². The number of hydrogen-bond acceptors (Lipinski definition) is 2. The second-order valence-corrected chi connectivity index (χ2v) is 4.46. The lowest BCUT2D eigenvalue weighted by molar-refractivity contribution is -0.120. The van der Waals surface area contributed by atoms with Crippen LogP contribution in [0.3, 0.4) is 0 Å². The van der Waals surface area contributed by atoms with Crippen LogP contribution in [0, 0.1) is 12.8 Å². The summed E-state index contributed by atoms with van der Waals surface area (Å²) in [6.45, 7) is 6.51. The van der Waals surface area contributed by atoms with Crippen molar-refractivity contribution in [1.82, 2.24) is 9.78 Å². The highest BCUT2D eigenvalue weighted by Gasteiger charge is 2.16. The molecule has 0 aliphatic carbocycles. The number of carbonyl (C=O) groups is 1. The van der Waals surface area contributed by atoms with Crippen molar-refractivity contribution in [2.75, 3.05) is 5.88 Å². The largest absolute Gasteiger partial charge is 0.300 e. The fourth-order valence-corrected chi connectivity index (χ4v) is 2.13. The highest BCUT2D eigenvalue weighted by molar-refractivity contribution is 6.18. The Kier molecular flexibility index (Phi) is 5.00. The van der Waals surface area contributed by atoms with Crippen LogP contribution in [0.15, 0.2) is 6.07 Å². The van der Waals surface area contributed by atoms with E-state index in [0.29, 0.717) is 5.88 Å². The normalized spacial score (nSPS) is 12.8. The molecule has 1 aromatic rings. The van der Waals surface area contributed by atoms with Gasteiger partial charge in [0.2, 0.25) is 0 Å². The van der Waals surface area contributed by atoms with E-state index in [0.717, 1.165) is 30.8 Å². The molecule has 0 bridgehead atoms. The molecule has 0 saturated heterocycles. The van der Waals surface area contributed by atoms with E-state index in [9.17, 15) is 4.79 Å². The van der Waals surface area contributed by atoms with Gasteiger partial charge in [0.15, 0.2) is 0 Å². The Morgan fingerprint density at radius 2 is 2.31 bits per heavy atom. The Bertz CT molecular complexity index is 360. The predicted molar refractivity (Wildman–Crippen MR) is 65.9 cm³/mol. The zero-order valence-corrected chi connectivity index (χ0v) is 10.9. The average Bonchev–Trinajstić information content (AvgIpc) is 2.58. The van der Waals surface area contributed by atoms with Crippen molar-refractivity contribution in [2.45, 2.75) is 40.2 Å². The Labute approximate surface area is 102 Å². The molecule has 0 fully saturated rings. The first-order valence-corrected chi connectivity index (χ1v) is 6.21. The van der Waals surface area contributed by atoms with Crippen LogP contribution in [0.5, 0.6) is 0 Å². The van der Waals surface area contributed by atoms with Gasteiger partial charge < -0.3 is 0 Å². The van der Waals surface area contributed by atoms with E-state index >= 15 is 0 Å². The second-order valence-electron chi connectivity index (χ2n) is 4.08. The fraction of sp³-hybridized carbons (Fsp3) is 0.667. The van der Waals surface area contributed by atoms with E-state index in [2.05, 4.69) is 12.0 Å². The molecule has 4 heteroatoms. The lowest BCUT2D eigenvalue weighted by atomic mass is 9.96. The summed E-state index contributed by atoms with van der Waals surface area (Å²) in [6, 6.07) is 2.05. The molecule has 0 aliphatic rings. The van der Waals surface area contributed by atoms with E-state index in [4.69, 9.17) is 11.6 Å². The standard InChI is InChI=1S/C12H19ClN2O/c1-4-15-12(7-9(2)14-15)8-11(5-6-13)10(3)16/h7,11H,4-6,8H2,1-3H3. The van der Waals surface area contributed by atoms with Gasteiger partial charge in [-0.1, -0.05) is 0 Å². The van der Waals surface area contributed by atoms with Crippen molar-refractivity contribution in [1.29, 1.82) is 0 Å². The van der Waals surface area contributed by atoms with Gasteiger partial charge >= 0.3 is 0 Å². The number of ketones is 1. The van der Waals surface area contributed by atoms with Crippen molar-refractivity contribution < 1.29 is 4.79 Å². The maximum atomic E-state index is 11.5. The van der Waals surface area contributed by atoms with Gasteiger partial charge in [-0.2, -0.15) is 5.10 Å². The molecule has 1 aromatic heterocycles. The van der Waals surface area contributed by atoms with Crippen LogP contribution in [0.1, 0.15) is 31.7 Å². The lowest BCUT2D eigenvalue weighted by Crippen LogP contribution is -2.17. The number of nitrogens with zero attached hydrogens (tertiary/aromatic N) is 2. The topological polar surface area (TPSA) is 34.9 Å². The quantitative estimate of drug-likeness (QED) is 0.719. The number of halogens is 1. The summed E-state index contributed by atoms with van der Waals surface area (Å²) in [5, 5.41) is 4.37. The SMILES string of the molecule is CCn1nc(C)cc1CC(CCCl)C(C)=O. The van der Waals surface area contributed by atoms with Gasteiger partial charge in [0.25, 0.3) is 0 Å². The number of aryl methyl sites for hydroxylation is 2. The minimum atomic E-state index is 0.0268. The van der Waals surface area contributed by atoms with Crippen LogP contribution in [0.4, 0.5) is 0 Å². The number of alkyl halides is 1. The van der Waals surface area contributed by atoms with Gasteiger partial charge in [-0.25, -0.2) is 0 Å². The molecule has 1 unspecified atom stereocenters. The van der Waals surface area contributed by atoms with Gasteiger partial charge in [0, 0.05) is 24.0 Å². The highest BCUT2D eigenvalue weighted by atomic mass is 35.5. The van der Waals surface area contributed by atoms with Crippen LogP contribution in [-0.4, -0.2) is 21.4 Å². The van der Waals surface area contributed by atoms with Crippen LogP contribution in [0.2, 0.25) is 0 Å². The molecular weight excluding hydrogens is 224 g/mol. The molecule has 3 nitrogen and oxygen atoms in total. The first-order valence-electron chi connectivity index (χ1n) is 5.68. The minimum absolute atomic E-state index is 0.0268. The Morgan fingerprint density at radius 3 is 2.81 bits per heavy atom. The second kappa shape index (κ2) is 6.04. The summed E-state index contributed by atoms with van der Waals surface area (Å²) in [5.41, 5.74) is 2.13. The van der Waals surface area contributed by atoms with E-state index in [1.807, 2.05) is 17.7 Å². The molecular formula is C12H19ClN2O. The summed E-state index contributed by atoms with van der Waals surface area (Å²) >= 11 is 5.71. The van der Waals surface area contributed by atoms with Crippen LogP contribution in [0.25, 0.3) is 0 Å². The molecule has 16 heavy (non-hydrogen) atoms. The van der Waals surface area contributed by atoms with E-state index < -0.39 is 0 Å². The van der Waals surface area contributed by atoms with Crippen molar-refractivity contribution in [2.24, 2.45) is 5.92 Å². The molecule has 90 valence electrons. The Hall–Kier alpha value is -0.830. The molecule has 0 aromatic carbocycles. The molecule has 0 amide bonds. The number of Topliss-reactive ketones (excluding diaryl/α,β-unsaturated/α-hetero) is 1. The average molecular weight is 243 g/mol. The van der Waals surface area contributed by atoms with Crippen molar-refractivity contribution in [3.05, 3.63) is 17.5 Å². The molecule has 0 saturated carbocycles. The summed E-state index contributed by atoms with van der Waals surface area (Å²) < 4.78 is 1.96. The summed E-state index contributed by atoms with van der Waals surface area (Å²) in [5.74, 6) is 0.768. The monoisotopic (exact) mass is 242 g/mol. The Morgan fingerprint density at radius 1 is 1.62 bits per heavy atom. The molecule has 1 atom stereocenters. The summed E-state index contributed by atoms with van der Waals surface area (Å²) in [6.07, 6.45) is 1.49. The van der Waals surface area contributed by atoms with Crippen LogP contribution >= 0.6 is 11.6 Å². The van der Waals surface area contributed by atoms with Crippen LogP contribution in [-0.2, 0) is 17.8 Å². The van der Waals surface area contributed by atoms with Gasteiger partial charge in [-0.3, -0.25) is 9.48 Å². The zero-order valence-electron chi connectivity index (χ0n) is 10.2.